The van der Waals surface area contributed by atoms with Crippen molar-refractivity contribution in [1.29, 1.82) is 0 Å². The monoisotopic (exact) mass is 290 g/mol. The van der Waals surface area contributed by atoms with Crippen molar-refractivity contribution in [1.82, 2.24) is 20.1 Å². The van der Waals surface area contributed by atoms with Gasteiger partial charge in [0.05, 0.1) is 0 Å². The van der Waals surface area contributed by atoms with Crippen LogP contribution in [0.1, 0.15) is 24.7 Å². The maximum absolute atomic E-state index is 13.3. The SMILES string of the molecule is CCCn1ncnc1CC(CNC)Cc1cccc(F)c1. The van der Waals surface area contributed by atoms with Crippen molar-refractivity contribution in [3.63, 3.8) is 0 Å². The number of hydrogen-bond acceptors (Lipinski definition) is 3. The van der Waals surface area contributed by atoms with Crippen molar-refractivity contribution < 1.29 is 4.39 Å². The van der Waals surface area contributed by atoms with Crippen LogP contribution in [0, 0.1) is 11.7 Å². The van der Waals surface area contributed by atoms with Crippen LogP contribution < -0.4 is 5.32 Å². The highest BCUT2D eigenvalue weighted by atomic mass is 19.1. The van der Waals surface area contributed by atoms with Crippen molar-refractivity contribution in [2.75, 3.05) is 13.6 Å². The smallest absolute Gasteiger partial charge is 0.138 e. The summed E-state index contributed by atoms with van der Waals surface area (Å²) in [6, 6.07) is 6.83. The minimum absolute atomic E-state index is 0.176. The zero-order chi connectivity index (χ0) is 15.1. The highest BCUT2D eigenvalue weighted by Crippen LogP contribution is 2.14. The summed E-state index contributed by atoms with van der Waals surface area (Å²) in [6.45, 7) is 3.89. The van der Waals surface area contributed by atoms with E-state index in [9.17, 15) is 4.39 Å². The summed E-state index contributed by atoms with van der Waals surface area (Å²) < 4.78 is 15.3. The first-order valence-corrected chi connectivity index (χ1v) is 7.48. The molecule has 0 saturated carbocycles. The van der Waals surface area contributed by atoms with E-state index in [1.807, 2.05) is 17.8 Å². The maximum atomic E-state index is 13.3. The molecule has 1 unspecified atom stereocenters. The standard InChI is InChI=1S/C16H23FN4/c1-3-7-21-16(19-12-20-21)10-14(11-18-2)8-13-5-4-6-15(17)9-13/h4-6,9,12,14,18H,3,7-8,10-11H2,1-2H3. The predicted octanol–water partition coefficient (Wildman–Crippen LogP) is 2.45. The predicted molar refractivity (Wildman–Crippen MR) is 81.5 cm³/mol. The molecular formula is C16H23FN4. The molecule has 1 aromatic carbocycles. The number of aryl methyl sites for hydroxylation is 1. The summed E-state index contributed by atoms with van der Waals surface area (Å²) >= 11 is 0. The lowest BCUT2D eigenvalue weighted by Crippen LogP contribution is -2.24. The Bertz CT molecular complexity index is 553. The molecule has 1 heterocycles. The first-order chi connectivity index (χ1) is 10.2. The van der Waals surface area contributed by atoms with Crippen LogP contribution in [-0.2, 0) is 19.4 Å². The van der Waals surface area contributed by atoms with Crippen molar-refractivity contribution in [2.45, 2.75) is 32.7 Å². The van der Waals surface area contributed by atoms with Gasteiger partial charge in [-0.05, 0) is 50.0 Å². The van der Waals surface area contributed by atoms with E-state index in [2.05, 4.69) is 22.3 Å². The first kappa shape index (κ1) is 15.6. The highest BCUT2D eigenvalue weighted by molar-refractivity contribution is 5.17. The van der Waals surface area contributed by atoms with Crippen LogP contribution in [0.5, 0.6) is 0 Å². The van der Waals surface area contributed by atoms with Gasteiger partial charge >= 0.3 is 0 Å². The largest absolute Gasteiger partial charge is 0.319 e. The van der Waals surface area contributed by atoms with E-state index in [1.165, 1.54) is 6.07 Å². The molecular weight excluding hydrogens is 267 g/mol. The molecule has 0 saturated heterocycles. The van der Waals surface area contributed by atoms with Crippen molar-refractivity contribution in [3.05, 3.63) is 47.8 Å². The Balaban J connectivity index is 2.06. The highest BCUT2D eigenvalue weighted by Gasteiger charge is 2.14. The van der Waals surface area contributed by atoms with Crippen LogP contribution >= 0.6 is 0 Å². The van der Waals surface area contributed by atoms with E-state index in [1.54, 1.807) is 18.5 Å². The van der Waals surface area contributed by atoms with Gasteiger partial charge in [0.2, 0.25) is 0 Å². The number of halogens is 1. The number of aromatic nitrogens is 3. The average Bonchev–Trinajstić information content (AvgIpc) is 2.87. The fourth-order valence-corrected chi connectivity index (χ4v) is 2.61. The Morgan fingerprint density at radius 1 is 1.33 bits per heavy atom. The van der Waals surface area contributed by atoms with Gasteiger partial charge in [0.15, 0.2) is 0 Å². The van der Waals surface area contributed by atoms with Gasteiger partial charge in [0, 0.05) is 13.0 Å². The molecule has 114 valence electrons. The second-order valence-corrected chi connectivity index (χ2v) is 5.36. The van der Waals surface area contributed by atoms with Gasteiger partial charge in [0.25, 0.3) is 0 Å². The van der Waals surface area contributed by atoms with Crippen molar-refractivity contribution >= 4 is 0 Å². The summed E-state index contributed by atoms with van der Waals surface area (Å²) in [4.78, 5) is 4.37. The first-order valence-electron chi connectivity index (χ1n) is 7.48. The number of nitrogens with one attached hydrogen (secondary N) is 1. The molecule has 4 nitrogen and oxygen atoms in total. The number of nitrogens with zero attached hydrogens (tertiary/aromatic N) is 3. The Morgan fingerprint density at radius 2 is 2.19 bits per heavy atom. The van der Waals surface area contributed by atoms with E-state index in [0.29, 0.717) is 5.92 Å². The third-order valence-electron chi connectivity index (χ3n) is 3.51. The fraction of sp³-hybridized carbons (Fsp3) is 0.500. The molecule has 0 aliphatic rings. The molecule has 2 rings (SSSR count). The molecule has 0 aliphatic carbocycles. The average molecular weight is 290 g/mol. The van der Waals surface area contributed by atoms with E-state index < -0.39 is 0 Å². The molecule has 1 N–H and O–H groups in total. The Kier molecular flexibility index (Phi) is 5.87. The summed E-state index contributed by atoms with van der Waals surface area (Å²) in [5.41, 5.74) is 1.02. The molecule has 1 aromatic heterocycles. The summed E-state index contributed by atoms with van der Waals surface area (Å²) in [7, 11) is 1.94. The summed E-state index contributed by atoms with van der Waals surface area (Å²) in [5.74, 6) is 1.20. The zero-order valence-electron chi connectivity index (χ0n) is 12.7. The summed E-state index contributed by atoms with van der Waals surface area (Å²) in [5, 5.41) is 7.48. The lowest BCUT2D eigenvalue weighted by Gasteiger charge is -2.16. The van der Waals surface area contributed by atoms with Crippen LogP contribution in [-0.4, -0.2) is 28.4 Å². The van der Waals surface area contributed by atoms with Gasteiger partial charge in [-0.2, -0.15) is 5.10 Å². The molecule has 0 radical (unpaired) electrons. The van der Waals surface area contributed by atoms with E-state index in [-0.39, 0.29) is 5.82 Å². The van der Waals surface area contributed by atoms with Crippen molar-refractivity contribution in [3.8, 4) is 0 Å². The Hall–Kier alpha value is -1.75. The molecule has 5 heteroatoms. The lowest BCUT2D eigenvalue weighted by molar-refractivity contribution is 0.457. The van der Waals surface area contributed by atoms with E-state index in [0.717, 1.165) is 43.7 Å². The van der Waals surface area contributed by atoms with Gasteiger partial charge < -0.3 is 5.32 Å². The van der Waals surface area contributed by atoms with E-state index in [4.69, 9.17) is 0 Å². The van der Waals surface area contributed by atoms with Gasteiger partial charge in [0.1, 0.15) is 18.0 Å². The molecule has 1 atom stereocenters. The topological polar surface area (TPSA) is 42.7 Å². The van der Waals surface area contributed by atoms with Crippen LogP contribution in [0.15, 0.2) is 30.6 Å². The fourth-order valence-electron chi connectivity index (χ4n) is 2.61. The van der Waals surface area contributed by atoms with Gasteiger partial charge in [-0.15, -0.1) is 0 Å². The third kappa shape index (κ3) is 4.63. The van der Waals surface area contributed by atoms with Crippen LogP contribution in [0.3, 0.4) is 0 Å². The number of benzene rings is 1. The summed E-state index contributed by atoms with van der Waals surface area (Å²) in [6.07, 6.45) is 4.33. The van der Waals surface area contributed by atoms with Crippen LogP contribution in [0.2, 0.25) is 0 Å². The molecule has 0 amide bonds. The minimum Gasteiger partial charge on any atom is -0.319 e. The Labute approximate surface area is 125 Å². The third-order valence-corrected chi connectivity index (χ3v) is 3.51. The molecule has 2 aromatic rings. The van der Waals surface area contributed by atoms with Crippen LogP contribution in [0.25, 0.3) is 0 Å². The normalized spacial score (nSPS) is 12.5. The van der Waals surface area contributed by atoms with Crippen LogP contribution in [0.4, 0.5) is 4.39 Å². The van der Waals surface area contributed by atoms with Gasteiger partial charge in [-0.25, -0.2) is 9.37 Å². The number of hydrogen-bond donors (Lipinski definition) is 1. The molecule has 0 aliphatic heterocycles. The van der Waals surface area contributed by atoms with Gasteiger partial charge in [-0.3, -0.25) is 4.68 Å². The second kappa shape index (κ2) is 7.88. The van der Waals surface area contributed by atoms with E-state index >= 15 is 0 Å². The minimum atomic E-state index is -0.176. The molecule has 0 fully saturated rings. The quantitative estimate of drug-likeness (QED) is 0.812. The van der Waals surface area contributed by atoms with Crippen molar-refractivity contribution in [2.24, 2.45) is 5.92 Å². The Morgan fingerprint density at radius 3 is 2.90 bits per heavy atom. The zero-order valence-corrected chi connectivity index (χ0v) is 12.7. The molecule has 0 bridgehead atoms. The van der Waals surface area contributed by atoms with Gasteiger partial charge in [-0.1, -0.05) is 19.1 Å². The lowest BCUT2D eigenvalue weighted by atomic mass is 9.95. The second-order valence-electron chi connectivity index (χ2n) is 5.36. The number of rotatable bonds is 8. The maximum Gasteiger partial charge on any atom is 0.138 e. The molecule has 21 heavy (non-hydrogen) atoms. The molecule has 0 spiro atoms.